The Hall–Kier alpha value is -1.89. The number of hydrogen-bond donors (Lipinski definition) is 2. The van der Waals surface area contributed by atoms with E-state index in [0.29, 0.717) is 5.69 Å². The number of para-hydroxylation sites is 1. The van der Waals surface area contributed by atoms with Crippen molar-refractivity contribution in [1.82, 2.24) is 4.98 Å². The lowest BCUT2D eigenvalue weighted by Gasteiger charge is -2.13. The lowest BCUT2D eigenvalue weighted by molar-refractivity contribution is 0.627. The van der Waals surface area contributed by atoms with Gasteiger partial charge in [-0.2, -0.15) is 0 Å². The quantitative estimate of drug-likeness (QED) is 0.653. The van der Waals surface area contributed by atoms with Crippen LogP contribution in [0.25, 0.3) is 10.9 Å². The van der Waals surface area contributed by atoms with Crippen molar-refractivity contribution in [2.24, 2.45) is 0 Å². The maximum atomic E-state index is 13.2. The highest BCUT2D eigenvalue weighted by atomic mass is 127. The Morgan fingerprint density at radius 2 is 1.95 bits per heavy atom. The Labute approximate surface area is 129 Å². The fourth-order valence-corrected chi connectivity index (χ4v) is 2.63. The first kappa shape index (κ1) is 13.1. The third-order valence-corrected chi connectivity index (χ3v) is 3.89. The maximum absolute atomic E-state index is 13.2. The van der Waals surface area contributed by atoms with Gasteiger partial charge in [-0.25, -0.2) is 4.39 Å². The molecule has 3 rings (SSSR count). The van der Waals surface area contributed by atoms with Gasteiger partial charge in [0.1, 0.15) is 5.82 Å². The van der Waals surface area contributed by atoms with Gasteiger partial charge in [0.25, 0.3) is 0 Å². The summed E-state index contributed by atoms with van der Waals surface area (Å²) in [6, 6.07) is 12.3. The lowest BCUT2D eigenvalue weighted by atomic mass is 10.1. The van der Waals surface area contributed by atoms with Crippen LogP contribution in [0.2, 0.25) is 0 Å². The van der Waals surface area contributed by atoms with Crippen molar-refractivity contribution in [1.29, 1.82) is 0 Å². The number of halogens is 2. The summed E-state index contributed by atoms with van der Waals surface area (Å²) in [4.78, 5) is 4.29. The number of hydrogen-bond acceptors (Lipinski definition) is 3. The number of nitrogen functional groups attached to an aromatic ring is 1. The topological polar surface area (TPSA) is 50.9 Å². The van der Waals surface area contributed by atoms with Gasteiger partial charge in [0.05, 0.1) is 28.8 Å². The van der Waals surface area contributed by atoms with Crippen molar-refractivity contribution in [3.05, 3.63) is 58.0 Å². The largest absolute Gasteiger partial charge is 0.396 e. The number of aromatic nitrogens is 1. The van der Waals surface area contributed by atoms with E-state index >= 15 is 0 Å². The Bertz CT molecular complexity index is 789. The molecule has 0 atom stereocenters. The van der Waals surface area contributed by atoms with E-state index in [1.54, 1.807) is 12.3 Å². The SMILES string of the molecule is Nc1cnc2ccccc2c1Nc1ccc(F)cc1I. The van der Waals surface area contributed by atoms with Gasteiger partial charge in [-0.1, -0.05) is 18.2 Å². The van der Waals surface area contributed by atoms with Crippen LogP contribution in [0, 0.1) is 9.39 Å². The van der Waals surface area contributed by atoms with Crippen LogP contribution < -0.4 is 11.1 Å². The van der Waals surface area contributed by atoms with Crippen LogP contribution in [0.15, 0.2) is 48.7 Å². The zero-order valence-corrected chi connectivity index (χ0v) is 12.6. The second-order valence-corrected chi connectivity index (χ2v) is 5.52. The minimum atomic E-state index is -0.257. The summed E-state index contributed by atoms with van der Waals surface area (Å²) in [7, 11) is 0. The Morgan fingerprint density at radius 3 is 2.75 bits per heavy atom. The van der Waals surface area contributed by atoms with Crippen LogP contribution in [-0.4, -0.2) is 4.98 Å². The number of anilines is 3. The average Bonchev–Trinajstić information content (AvgIpc) is 2.44. The Kier molecular flexibility index (Phi) is 3.43. The molecule has 100 valence electrons. The normalized spacial score (nSPS) is 10.7. The summed E-state index contributed by atoms with van der Waals surface area (Å²) in [5.41, 5.74) is 9.04. The van der Waals surface area contributed by atoms with Gasteiger partial charge < -0.3 is 11.1 Å². The van der Waals surface area contributed by atoms with Crippen molar-refractivity contribution in [2.75, 3.05) is 11.1 Å². The average molecular weight is 379 g/mol. The molecule has 20 heavy (non-hydrogen) atoms. The lowest BCUT2D eigenvalue weighted by Crippen LogP contribution is -2.00. The number of nitrogens with one attached hydrogen (secondary N) is 1. The molecule has 3 N–H and O–H groups in total. The zero-order chi connectivity index (χ0) is 14.1. The molecular weight excluding hydrogens is 368 g/mol. The number of pyridine rings is 1. The van der Waals surface area contributed by atoms with Gasteiger partial charge >= 0.3 is 0 Å². The highest BCUT2D eigenvalue weighted by molar-refractivity contribution is 14.1. The monoisotopic (exact) mass is 379 g/mol. The number of rotatable bonds is 2. The van der Waals surface area contributed by atoms with E-state index in [-0.39, 0.29) is 5.82 Å². The number of fused-ring (bicyclic) bond motifs is 1. The van der Waals surface area contributed by atoms with E-state index in [9.17, 15) is 4.39 Å². The predicted octanol–water partition coefficient (Wildman–Crippen LogP) is 4.30. The molecular formula is C15H11FIN3. The smallest absolute Gasteiger partial charge is 0.124 e. The van der Waals surface area contributed by atoms with Crippen LogP contribution >= 0.6 is 22.6 Å². The molecule has 0 radical (unpaired) electrons. The molecule has 0 spiro atoms. The molecule has 0 saturated heterocycles. The first-order valence-electron chi connectivity index (χ1n) is 6.00. The second-order valence-electron chi connectivity index (χ2n) is 4.35. The van der Waals surface area contributed by atoms with Crippen LogP contribution in [0.5, 0.6) is 0 Å². The van der Waals surface area contributed by atoms with Gasteiger partial charge in [-0.3, -0.25) is 4.98 Å². The minimum Gasteiger partial charge on any atom is -0.396 e. The van der Waals surface area contributed by atoms with Crippen LogP contribution in [0.1, 0.15) is 0 Å². The third kappa shape index (κ3) is 2.40. The number of benzene rings is 2. The molecule has 1 heterocycles. The van der Waals surface area contributed by atoms with Crippen LogP contribution in [0.4, 0.5) is 21.5 Å². The van der Waals surface area contributed by atoms with Crippen LogP contribution in [-0.2, 0) is 0 Å². The number of nitrogens with two attached hydrogens (primary N) is 1. The van der Waals surface area contributed by atoms with E-state index in [0.717, 1.165) is 25.8 Å². The minimum absolute atomic E-state index is 0.257. The van der Waals surface area contributed by atoms with E-state index in [1.807, 2.05) is 24.3 Å². The molecule has 2 aromatic carbocycles. The molecule has 5 heteroatoms. The van der Waals surface area contributed by atoms with Crippen molar-refractivity contribution in [2.45, 2.75) is 0 Å². The summed E-state index contributed by atoms with van der Waals surface area (Å²) in [6.07, 6.45) is 1.63. The van der Waals surface area contributed by atoms with E-state index in [4.69, 9.17) is 5.73 Å². The first-order chi connectivity index (χ1) is 9.65. The molecule has 0 aliphatic carbocycles. The van der Waals surface area contributed by atoms with Gasteiger partial charge in [0.15, 0.2) is 0 Å². The summed E-state index contributed by atoms with van der Waals surface area (Å²) in [5, 5.41) is 4.21. The molecule has 0 aliphatic rings. The van der Waals surface area contributed by atoms with Crippen LogP contribution in [0.3, 0.4) is 0 Å². The van der Waals surface area contributed by atoms with Gasteiger partial charge in [0, 0.05) is 8.96 Å². The van der Waals surface area contributed by atoms with Crippen molar-refractivity contribution >= 4 is 50.6 Å². The maximum Gasteiger partial charge on any atom is 0.124 e. The van der Waals surface area contributed by atoms with Gasteiger partial charge in [-0.05, 0) is 46.9 Å². The second kappa shape index (κ2) is 5.24. The first-order valence-corrected chi connectivity index (χ1v) is 7.08. The molecule has 0 unspecified atom stereocenters. The molecule has 0 bridgehead atoms. The van der Waals surface area contributed by atoms with Gasteiger partial charge in [-0.15, -0.1) is 0 Å². The summed E-state index contributed by atoms with van der Waals surface area (Å²) >= 11 is 2.09. The Morgan fingerprint density at radius 1 is 1.15 bits per heavy atom. The molecule has 3 nitrogen and oxygen atoms in total. The standard InChI is InChI=1S/C15H11FIN3/c16-9-5-6-14(11(17)7-9)20-15-10-3-1-2-4-13(10)19-8-12(15)18/h1-8H,18H2,(H,19,20). The van der Waals surface area contributed by atoms with E-state index in [2.05, 4.69) is 32.9 Å². The molecule has 3 aromatic rings. The molecule has 0 amide bonds. The third-order valence-electron chi connectivity index (χ3n) is 3.00. The summed E-state index contributed by atoms with van der Waals surface area (Å²) in [5.74, 6) is -0.257. The molecule has 1 aromatic heterocycles. The zero-order valence-electron chi connectivity index (χ0n) is 10.4. The molecule has 0 saturated carbocycles. The highest BCUT2D eigenvalue weighted by Crippen LogP contribution is 2.32. The molecule has 0 aliphatic heterocycles. The summed E-state index contributed by atoms with van der Waals surface area (Å²) < 4.78 is 13.9. The van der Waals surface area contributed by atoms with Crippen molar-refractivity contribution in [3.63, 3.8) is 0 Å². The predicted molar refractivity (Wildman–Crippen MR) is 88.6 cm³/mol. The fourth-order valence-electron chi connectivity index (χ4n) is 2.02. The Balaban J connectivity index is 2.12. The summed E-state index contributed by atoms with van der Waals surface area (Å²) in [6.45, 7) is 0. The van der Waals surface area contributed by atoms with E-state index in [1.165, 1.54) is 12.1 Å². The van der Waals surface area contributed by atoms with Gasteiger partial charge in [0.2, 0.25) is 0 Å². The fraction of sp³-hybridized carbons (Fsp3) is 0. The molecule has 0 fully saturated rings. The van der Waals surface area contributed by atoms with Crippen molar-refractivity contribution in [3.8, 4) is 0 Å². The van der Waals surface area contributed by atoms with E-state index < -0.39 is 0 Å². The number of nitrogens with zero attached hydrogens (tertiary/aromatic N) is 1. The highest BCUT2D eigenvalue weighted by Gasteiger charge is 2.08. The van der Waals surface area contributed by atoms with Crippen molar-refractivity contribution < 1.29 is 4.39 Å².